The first-order valence-electron chi connectivity index (χ1n) is 13.4. The summed E-state index contributed by atoms with van der Waals surface area (Å²) in [6.45, 7) is 0. The number of rotatable bonds is 3. The van der Waals surface area contributed by atoms with Gasteiger partial charge in [0.15, 0.2) is 0 Å². The molecule has 1 saturated heterocycles. The molecule has 5 aliphatic carbocycles. The number of hydrogen-bond acceptors (Lipinski definition) is 3. The zero-order chi connectivity index (χ0) is 27.0. The van der Waals surface area contributed by atoms with E-state index in [9.17, 15) is 9.59 Å². The normalized spacial score (nSPS) is 24.4. The van der Waals surface area contributed by atoms with Crippen LogP contribution in [-0.2, 0) is 15.0 Å². The van der Waals surface area contributed by atoms with Crippen LogP contribution in [0.3, 0.4) is 0 Å². The highest BCUT2D eigenvalue weighted by Crippen LogP contribution is 2.60. The smallest absolute Gasteiger partial charge is 0.239 e. The largest absolute Gasteiger partial charge is 0.274 e. The van der Waals surface area contributed by atoms with Gasteiger partial charge in [-0.1, -0.05) is 103 Å². The lowest BCUT2D eigenvalue weighted by Crippen LogP contribution is -2.51. The van der Waals surface area contributed by atoms with Gasteiger partial charge in [-0.2, -0.15) is 0 Å². The van der Waals surface area contributed by atoms with Crippen molar-refractivity contribution >= 4 is 51.8 Å². The van der Waals surface area contributed by atoms with Crippen molar-refractivity contribution < 1.29 is 9.59 Å². The van der Waals surface area contributed by atoms with Crippen LogP contribution in [0.4, 0.5) is 11.4 Å². The fourth-order valence-electron chi connectivity index (χ4n) is 7.30. The van der Waals surface area contributed by atoms with E-state index in [1.54, 1.807) is 6.07 Å². The average Bonchev–Trinajstić information content (AvgIpc) is 3.23. The van der Waals surface area contributed by atoms with Gasteiger partial charge in [0.25, 0.3) is 0 Å². The van der Waals surface area contributed by atoms with Gasteiger partial charge in [-0.3, -0.25) is 14.6 Å². The number of anilines is 1. The Morgan fingerprint density at radius 2 is 1.52 bits per heavy atom. The Hall–Kier alpha value is -4.54. The Kier molecular flexibility index (Phi) is 4.95. The average molecular weight is 539 g/mol. The molecule has 1 heterocycles. The maximum Gasteiger partial charge on any atom is 0.239 e. The number of nitrogens with zero attached hydrogens (tertiary/aromatic N) is 2. The molecule has 11 rings (SSSR count). The van der Waals surface area contributed by atoms with Crippen LogP contribution in [0.2, 0.25) is 5.02 Å². The second-order valence-corrected chi connectivity index (χ2v) is 11.2. The van der Waals surface area contributed by atoms with E-state index in [2.05, 4.69) is 36.4 Å². The Labute approximate surface area is 236 Å². The minimum Gasteiger partial charge on any atom is -0.274 e. The maximum absolute atomic E-state index is 14.8. The van der Waals surface area contributed by atoms with Crippen molar-refractivity contribution in [1.29, 1.82) is 0 Å². The minimum absolute atomic E-state index is 0.158. The molecule has 0 radical (unpaired) electrons. The Bertz CT molecular complexity index is 1890. The van der Waals surface area contributed by atoms with Crippen molar-refractivity contribution in [2.24, 2.45) is 16.8 Å². The summed E-state index contributed by atoms with van der Waals surface area (Å²) in [5.74, 6) is -1.80. The molecule has 40 heavy (non-hydrogen) atoms. The van der Waals surface area contributed by atoms with Crippen LogP contribution in [0, 0.1) is 11.8 Å². The van der Waals surface area contributed by atoms with Crippen LogP contribution in [0.1, 0.15) is 28.2 Å². The van der Waals surface area contributed by atoms with Crippen LogP contribution >= 0.6 is 11.6 Å². The molecule has 2 amide bonds. The van der Waals surface area contributed by atoms with Gasteiger partial charge in [0, 0.05) is 22.5 Å². The van der Waals surface area contributed by atoms with E-state index in [4.69, 9.17) is 16.6 Å². The molecule has 0 aromatic heterocycles. The van der Waals surface area contributed by atoms with Crippen molar-refractivity contribution in [3.63, 3.8) is 0 Å². The summed E-state index contributed by atoms with van der Waals surface area (Å²) in [7, 11) is 0. The van der Waals surface area contributed by atoms with Crippen LogP contribution in [0.15, 0.2) is 120 Å². The molecule has 0 N–H and O–H groups in total. The summed E-state index contributed by atoms with van der Waals surface area (Å²) >= 11 is 6.29. The van der Waals surface area contributed by atoms with E-state index in [0.29, 0.717) is 16.4 Å². The van der Waals surface area contributed by atoms with Crippen molar-refractivity contribution in [3.8, 4) is 0 Å². The second-order valence-electron chi connectivity index (χ2n) is 10.8. The van der Waals surface area contributed by atoms with E-state index in [1.165, 1.54) is 4.90 Å². The highest BCUT2D eigenvalue weighted by atomic mass is 35.5. The molecule has 0 saturated carbocycles. The van der Waals surface area contributed by atoms with Gasteiger partial charge >= 0.3 is 0 Å². The van der Waals surface area contributed by atoms with E-state index in [-0.39, 0.29) is 17.7 Å². The number of halogens is 1. The van der Waals surface area contributed by atoms with Crippen molar-refractivity contribution in [2.75, 3.05) is 4.90 Å². The Morgan fingerprint density at radius 3 is 2.38 bits per heavy atom. The first-order valence-corrected chi connectivity index (χ1v) is 13.8. The van der Waals surface area contributed by atoms with Crippen LogP contribution in [0.5, 0.6) is 0 Å². The van der Waals surface area contributed by atoms with E-state index in [1.807, 2.05) is 79.0 Å². The first-order chi connectivity index (χ1) is 19.6. The van der Waals surface area contributed by atoms with Crippen molar-refractivity contribution in [1.82, 2.24) is 0 Å². The summed E-state index contributed by atoms with van der Waals surface area (Å²) in [5.41, 5.74) is 4.48. The van der Waals surface area contributed by atoms with Gasteiger partial charge in [-0.25, -0.2) is 4.90 Å². The number of benzene rings is 5. The summed E-state index contributed by atoms with van der Waals surface area (Å²) in [4.78, 5) is 35.7. The van der Waals surface area contributed by atoms with Crippen LogP contribution in [0.25, 0.3) is 10.8 Å². The molecule has 0 spiro atoms. The number of imide groups is 1. The van der Waals surface area contributed by atoms with E-state index < -0.39 is 17.3 Å². The minimum atomic E-state index is -0.939. The molecule has 0 unspecified atom stereocenters. The second kappa shape index (κ2) is 8.48. The highest BCUT2D eigenvalue weighted by Gasteiger charge is 2.65. The fourth-order valence-corrected chi connectivity index (χ4v) is 7.48. The first kappa shape index (κ1) is 23.4. The molecule has 5 aromatic carbocycles. The maximum atomic E-state index is 14.8. The number of carbonyl (C=O) groups is 2. The number of hydrogen-bond donors (Lipinski definition) is 0. The zero-order valence-electron chi connectivity index (χ0n) is 21.4. The molecule has 5 heteroatoms. The van der Waals surface area contributed by atoms with Gasteiger partial charge in [-0.15, -0.1) is 0 Å². The standard InChI is InChI=1S/C35H23ClN2O2/c36-24-9-6-10-25(19-24)37-20-35-23-17-15-22(16-18-23)30(27-12-3-4-13-28(27)35)31-32(35)34(40)38(33(31)39)29-14-5-8-21-7-1-2-11-26(21)29/h1-20,30-32H/t30-,31+,32+,35-/m0/s1. The van der Waals surface area contributed by atoms with Gasteiger partial charge < -0.3 is 0 Å². The lowest BCUT2D eigenvalue weighted by atomic mass is 9.52. The van der Waals surface area contributed by atoms with Crippen LogP contribution < -0.4 is 4.90 Å². The molecule has 4 atom stereocenters. The predicted molar refractivity (Wildman–Crippen MR) is 159 cm³/mol. The molecular weight excluding hydrogens is 516 g/mol. The van der Waals surface area contributed by atoms with Gasteiger partial charge in [-0.05, 0) is 51.9 Å². The Morgan fingerprint density at radius 1 is 0.775 bits per heavy atom. The van der Waals surface area contributed by atoms with Gasteiger partial charge in [0.05, 0.1) is 28.6 Å². The van der Waals surface area contributed by atoms with Crippen molar-refractivity contribution in [2.45, 2.75) is 11.3 Å². The monoisotopic (exact) mass is 538 g/mol. The summed E-state index contributed by atoms with van der Waals surface area (Å²) in [5, 5.41) is 2.46. The topological polar surface area (TPSA) is 49.7 Å². The van der Waals surface area contributed by atoms with E-state index >= 15 is 0 Å². The Balaban J connectivity index is 1.41. The summed E-state index contributed by atoms with van der Waals surface area (Å²) in [6.07, 6.45) is 1.89. The molecule has 192 valence electrons. The fraction of sp³-hybridized carbons (Fsp3) is 0.114. The highest BCUT2D eigenvalue weighted by molar-refractivity contribution is 6.31. The van der Waals surface area contributed by atoms with Crippen LogP contribution in [-0.4, -0.2) is 18.0 Å². The molecule has 4 bridgehead atoms. The van der Waals surface area contributed by atoms with Crippen molar-refractivity contribution in [3.05, 3.63) is 143 Å². The summed E-state index contributed by atoms with van der Waals surface area (Å²) in [6, 6.07) is 37.7. The number of fused-ring (bicyclic) bond motifs is 1. The molecular formula is C35H23ClN2O2. The zero-order valence-corrected chi connectivity index (χ0v) is 22.1. The third kappa shape index (κ3) is 3.05. The molecule has 6 aliphatic rings. The molecule has 4 nitrogen and oxygen atoms in total. The third-order valence-electron chi connectivity index (χ3n) is 8.92. The molecule has 1 aliphatic heterocycles. The third-order valence-corrected chi connectivity index (χ3v) is 9.16. The van der Waals surface area contributed by atoms with Gasteiger partial charge in [0.1, 0.15) is 0 Å². The molecule has 1 fully saturated rings. The predicted octanol–water partition coefficient (Wildman–Crippen LogP) is 7.45. The van der Waals surface area contributed by atoms with E-state index in [0.717, 1.165) is 33.0 Å². The van der Waals surface area contributed by atoms with Gasteiger partial charge in [0.2, 0.25) is 11.8 Å². The lowest BCUT2D eigenvalue weighted by molar-refractivity contribution is -0.122. The number of amides is 2. The lowest BCUT2D eigenvalue weighted by Gasteiger charge is -2.48. The summed E-state index contributed by atoms with van der Waals surface area (Å²) < 4.78 is 0. The molecule has 5 aromatic rings. The SMILES string of the molecule is O=C1[C@@H]2[C@H]3c4ccc(cc4)[C@@](C=Nc4cccc(Cl)c4)(c4ccccc43)[C@H]2C(=O)N1c1cccc2ccccc12. The number of aliphatic imine (C=N–C) groups is 1. The quantitative estimate of drug-likeness (QED) is 0.177. The number of carbonyl (C=O) groups excluding carboxylic acids is 2.